The van der Waals surface area contributed by atoms with Crippen LogP contribution in [0.2, 0.25) is 0 Å². The summed E-state index contributed by atoms with van der Waals surface area (Å²) in [5, 5.41) is 2.71. The topological polar surface area (TPSA) is 93.7 Å². The molecular formula is C17H20N2O5S. The Kier molecular flexibility index (Phi) is 5.66. The largest absolute Gasteiger partial charge is 0.496 e. The van der Waals surface area contributed by atoms with Crippen molar-refractivity contribution in [3.05, 3.63) is 47.5 Å². The number of nitrogens with one attached hydrogen (secondary N) is 2. The second kappa shape index (κ2) is 7.54. The SMILES string of the molecule is CNS(=O)(=O)c1ccc(NC(=O)c2cc(OC)c(C)c(OC)c2)cc1. The number of hydrogen-bond donors (Lipinski definition) is 2. The van der Waals surface area contributed by atoms with Crippen LogP contribution in [0.25, 0.3) is 0 Å². The number of carbonyl (C=O) groups is 1. The number of methoxy groups -OCH3 is 2. The molecule has 0 aromatic heterocycles. The minimum Gasteiger partial charge on any atom is -0.496 e. The van der Waals surface area contributed by atoms with Crippen LogP contribution in [0.4, 0.5) is 5.69 Å². The van der Waals surface area contributed by atoms with Gasteiger partial charge in [-0.1, -0.05) is 0 Å². The highest BCUT2D eigenvalue weighted by Crippen LogP contribution is 2.29. The first-order chi connectivity index (χ1) is 11.8. The standard InChI is InChI=1S/C17H20N2O5S/c1-11-15(23-3)9-12(10-16(11)24-4)17(20)19-13-5-7-14(8-6-13)25(21,22)18-2/h5-10,18H,1-4H3,(H,19,20). The van der Waals surface area contributed by atoms with E-state index in [9.17, 15) is 13.2 Å². The third-order valence-corrected chi connectivity index (χ3v) is 5.14. The van der Waals surface area contributed by atoms with Gasteiger partial charge in [0.15, 0.2) is 0 Å². The molecule has 8 heteroatoms. The van der Waals surface area contributed by atoms with E-state index in [1.165, 1.54) is 45.5 Å². The number of rotatable bonds is 6. The quantitative estimate of drug-likeness (QED) is 0.819. The van der Waals surface area contributed by atoms with E-state index in [4.69, 9.17) is 9.47 Å². The second-order valence-corrected chi connectivity index (χ2v) is 7.08. The molecular weight excluding hydrogens is 344 g/mol. The molecule has 7 nitrogen and oxygen atoms in total. The molecule has 0 saturated heterocycles. The van der Waals surface area contributed by atoms with Crippen molar-refractivity contribution in [3.8, 4) is 11.5 Å². The van der Waals surface area contributed by atoms with Gasteiger partial charge in [-0.05, 0) is 50.4 Å². The Labute approximate surface area is 147 Å². The lowest BCUT2D eigenvalue weighted by atomic mass is 10.1. The molecule has 134 valence electrons. The lowest BCUT2D eigenvalue weighted by molar-refractivity contribution is 0.102. The lowest BCUT2D eigenvalue weighted by Gasteiger charge is -2.13. The Morgan fingerprint density at radius 3 is 1.96 bits per heavy atom. The summed E-state index contributed by atoms with van der Waals surface area (Å²) < 4.78 is 36.2. The molecule has 0 bridgehead atoms. The Morgan fingerprint density at radius 2 is 1.52 bits per heavy atom. The van der Waals surface area contributed by atoms with Gasteiger partial charge in [0.05, 0.1) is 19.1 Å². The highest BCUT2D eigenvalue weighted by molar-refractivity contribution is 7.89. The predicted octanol–water partition coefficient (Wildman–Crippen LogP) is 2.17. The number of amides is 1. The summed E-state index contributed by atoms with van der Waals surface area (Å²) in [6.07, 6.45) is 0. The zero-order valence-corrected chi connectivity index (χ0v) is 15.2. The fourth-order valence-electron chi connectivity index (χ4n) is 2.26. The van der Waals surface area contributed by atoms with Crippen LogP contribution in [-0.2, 0) is 10.0 Å². The molecule has 2 rings (SSSR count). The van der Waals surface area contributed by atoms with Crippen molar-refractivity contribution in [3.63, 3.8) is 0 Å². The van der Waals surface area contributed by atoms with Crippen molar-refractivity contribution < 1.29 is 22.7 Å². The summed E-state index contributed by atoms with van der Waals surface area (Å²) >= 11 is 0. The first kappa shape index (κ1) is 18.8. The maximum atomic E-state index is 12.4. The zero-order valence-electron chi connectivity index (χ0n) is 14.4. The van der Waals surface area contributed by atoms with E-state index in [1.807, 2.05) is 6.92 Å². The highest BCUT2D eigenvalue weighted by atomic mass is 32.2. The highest BCUT2D eigenvalue weighted by Gasteiger charge is 2.15. The molecule has 0 aliphatic heterocycles. The molecule has 25 heavy (non-hydrogen) atoms. The molecule has 0 atom stereocenters. The van der Waals surface area contributed by atoms with Crippen LogP contribution in [0, 0.1) is 6.92 Å². The van der Waals surface area contributed by atoms with Gasteiger partial charge in [-0.25, -0.2) is 13.1 Å². The molecule has 2 aromatic rings. The van der Waals surface area contributed by atoms with Gasteiger partial charge in [-0.15, -0.1) is 0 Å². The van der Waals surface area contributed by atoms with Crippen molar-refractivity contribution in [1.82, 2.24) is 4.72 Å². The number of benzene rings is 2. The van der Waals surface area contributed by atoms with E-state index in [0.717, 1.165) is 5.56 Å². The second-order valence-electron chi connectivity index (χ2n) is 5.19. The van der Waals surface area contributed by atoms with Crippen molar-refractivity contribution in [2.45, 2.75) is 11.8 Å². The van der Waals surface area contributed by atoms with Crippen LogP contribution in [0.15, 0.2) is 41.3 Å². The average Bonchev–Trinajstić information content (AvgIpc) is 2.62. The number of sulfonamides is 1. The van der Waals surface area contributed by atoms with E-state index in [2.05, 4.69) is 10.0 Å². The smallest absolute Gasteiger partial charge is 0.255 e. The van der Waals surface area contributed by atoms with Crippen molar-refractivity contribution in [2.24, 2.45) is 0 Å². The zero-order chi connectivity index (χ0) is 18.6. The average molecular weight is 364 g/mol. The van der Waals surface area contributed by atoms with Gasteiger partial charge in [0, 0.05) is 16.8 Å². The summed E-state index contributed by atoms with van der Waals surface area (Å²) in [5.41, 5.74) is 1.63. The molecule has 0 spiro atoms. The van der Waals surface area contributed by atoms with E-state index in [0.29, 0.717) is 22.7 Å². The van der Waals surface area contributed by atoms with Crippen molar-refractivity contribution in [1.29, 1.82) is 0 Å². The van der Waals surface area contributed by atoms with Crippen LogP contribution in [-0.4, -0.2) is 35.6 Å². The van der Waals surface area contributed by atoms with Gasteiger partial charge >= 0.3 is 0 Å². The number of ether oxygens (including phenoxy) is 2. The molecule has 0 aliphatic carbocycles. The third kappa shape index (κ3) is 4.09. The van der Waals surface area contributed by atoms with E-state index in [1.54, 1.807) is 12.1 Å². The summed E-state index contributed by atoms with van der Waals surface area (Å²) in [5.74, 6) is 0.723. The number of anilines is 1. The first-order valence-electron chi connectivity index (χ1n) is 7.40. The van der Waals surface area contributed by atoms with Gasteiger partial charge in [0.25, 0.3) is 5.91 Å². The molecule has 1 amide bonds. The Bertz CT molecular complexity index is 851. The summed E-state index contributed by atoms with van der Waals surface area (Å²) in [4.78, 5) is 12.6. The van der Waals surface area contributed by atoms with E-state index >= 15 is 0 Å². The van der Waals surface area contributed by atoms with Crippen LogP contribution < -0.4 is 19.5 Å². The molecule has 0 unspecified atom stereocenters. The number of hydrogen-bond acceptors (Lipinski definition) is 5. The fourth-order valence-corrected chi connectivity index (χ4v) is 2.99. The molecule has 2 N–H and O–H groups in total. The Balaban J connectivity index is 2.25. The molecule has 0 radical (unpaired) electrons. The molecule has 0 saturated carbocycles. The Hall–Kier alpha value is -2.58. The maximum absolute atomic E-state index is 12.4. The van der Waals surface area contributed by atoms with Gasteiger partial charge in [-0.2, -0.15) is 0 Å². The summed E-state index contributed by atoms with van der Waals surface area (Å²) in [7, 11) is 0.859. The molecule has 2 aromatic carbocycles. The van der Waals surface area contributed by atoms with E-state index in [-0.39, 0.29) is 10.8 Å². The maximum Gasteiger partial charge on any atom is 0.255 e. The monoisotopic (exact) mass is 364 g/mol. The van der Waals surface area contributed by atoms with Gasteiger partial charge in [0.1, 0.15) is 11.5 Å². The minimum atomic E-state index is -3.51. The first-order valence-corrected chi connectivity index (χ1v) is 8.88. The van der Waals surface area contributed by atoms with Crippen LogP contribution in [0.3, 0.4) is 0 Å². The van der Waals surface area contributed by atoms with Crippen LogP contribution >= 0.6 is 0 Å². The van der Waals surface area contributed by atoms with Gasteiger partial charge < -0.3 is 14.8 Å². The van der Waals surface area contributed by atoms with Gasteiger partial charge in [-0.3, -0.25) is 4.79 Å². The fraction of sp³-hybridized carbons (Fsp3) is 0.235. The van der Waals surface area contributed by atoms with E-state index < -0.39 is 10.0 Å². The minimum absolute atomic E-state index is 0.117. The molecule has 0 fully saturated rings. The Morgan fingerprint density at radius 1 is 1.00 bits per heavy atom. The summed E-state index contributed by atoms with van der Waals surface area (Å²) in [6, 6.07) is 9.10. The predicted molar refractivity (Wildman–Crippen MR) is 94.9 cm³/mol. The van der Waals surface area contributed by atoms with Crippen molar-refractivity contribution in [2.75, 3.05) is 26.6 Å². The normalized spacial score (nSPS) is 11.0. The molecule has 0 aliphatic rings. The lowest BCUT2D eigenvalue weighted by Crippen LogP contribution is -2.18. The summed E-state index contributed by atoms with van der Waals surface area (Å²) in [6.45, 7) is 1.83. The number of carbonyl (C=O) groups excluding carboxylic acids is 1. The van der Waals surface area contributed by atoms with Crippen LogP contribution in [0.5, 0.6) is 11.5 Å². The molecule has 0 heterocycles. The van der Waals surface area contributed by atoms with Crippen molar-refractivity contribution >= 4 is 21.6 Å². The van der Waals surface area contributed by atoms with Gasteiger partial charge in [0.2, 0.25) is 10.0 Å². The van der Waals surface area contributed by atoms with Crippen LogP contribution in [0.1, 0.15) is 15.9 Å². The third-order valence-electron chi connectivity index (χ3n) is 3.71.